The number of carboxylic acids is 1. The van der Waals surface area contributed by atoms with Crippen LogP contribution in [0.4, 0.5) is 0 Å². The number of nitrogens with one attached hydrogen (secondary N) is 9. The molecule has 4 aliphatic rings. The molecule has 4 fully saturated rings. The molecule has 13 amide bonds. The topological polar surface area (TPSA) is 576 Å². The van der Waals surface area contributed by atoms with Gasteiger partial charge in [0.1, 0.15) is 72.5 Å². The van der Waals surface area contributed by atoms with E-state index in [0.29, 0.717) is 49.8 Å². The van der Waals surface area contributed by atoms with Gasteiger partial charge in [-0.25, -0.2) is 4.79 Å². The van der Waals surface area contributed by atoms with Crippen LogP contribution < -0.4 is 76.5 Å². The summed E-state index contributed by atoms with van der Waals surface area (Å²) in [5.41, 5.74) is 29.4. The maximum Gasteiger partial charge on any atom is 0.328 e. The summed E-state index contributed by atoms with van der Waals surface area (Å²) in [4.78, 5) is 206. The molecule has 4 heterocycles. The molecule has 0 radical (unpaired) electrons. The summed E-state index contributed by atoms with van der Waals surface area (Å²) in [7, 11) is 0. The molecule has 0 aromatic heterocycles. The number of guanidine groups is 2. The van der Waals surface area contributed by atoms with Crippen LogP contribution in [0.1, 0.15) is 116 Å². The molecule has 2 aromatic rings. The number of carbonyl (C=O) groups excluding carboxylic acids is 13. The van der Waals surface area contributed by atoms with E-state index >= 15 is 0 Å². The fourth-order valence-corrected chi connectivity index (χ4v) is 13.1. The number of nitrogens with two attached hydrogens (primary N) is 5. The summed E-state index contributed by atoms with van der Waals surface area (Å²) in [5.74, 6) is -12.2. The molecule has 0 bridgehead atoms. The highest BCUT2D eigenvalue weighted by Crippen LogP contribution is 2.27. The number of hydrogen-bond donors (Lipinski definition) is 17. The van der Waals surface area contributed by atoms with Crippen molar-refractivity contribution in [2.24, 2.45) is 44.6 Å². The highest BCUT2D eigenvalue weighted by atomic mass is 16.4. The zero-order chi connectivity index (χ0) is 77.9. The maximum atomic E-state index is 14.7. The quantitative estimate of drug-likeness (QED) is 0.0169. The Labute approximate surface area is 613 Å². The van der Waals surface area contributed by atoms with Crippen molar-refractivity contribution in [2.75, 3.05) is 59.0 Å². The number of aliphatic imine (C=N–C) groups is 2. The van der Waals surface area contributed by atoms with E-state index in [0.717, 1.165) is 4.90 Å². The molecule has 37 heteroatoms. The number of nitrogens with zero attached hydrogens (tertiary/aromatic N) is 6. The van der Waals surface area contributed by atoms with Crippen molar-refractivity contribution in [3.8, 4) is 0 Å². The Balaban J connectivity index is 1.10. The third kappa shape index (κ3) is 24.5. The van der Waals surface area contributed by atoms with E-state index in [-0.39, 0.29) is 102 Å². The van der Waals surface area contributed by atoms with Crippen LogP contribution in [0.25, 0.3) is 0 Å². The fourth-order valence-electron chi connectivity index (χ4n) is 13.1. The molecular weight excluding hydrogens is 1380 g/mol. The normalized spacial score (nSPS) is 19.4. The molecule has 4 saturated heterocycles. The minimum atomic E-state index is -1.67. The largest absolute Gasteiger partial charge is 0.480 e. The van der Waals surface area contributed by atoms with Crippen molar-refractivity contribution in [2.45, 2.75) is 196 Å². The number of rotatable bonds is 38. The smallest absolute Gasteiger partial charge is 0.328 e. The molecule has 106 heavy (non-hydrogen) atoms. The van der Waals surface area contributed by atoms with Gasteiger partial charge in [0.15, 0.2) is 11.9 Å². The van der Waals surface area contributed by atoms with E-state index in [1.54, 1.807) is 74.5 Å². The highest BCUT2D eigenvalue weighted by Gasteiger charge is 2.45. The van der Waals surface area contributed by atoms with Gasteiger partial charge in [0.05, 0.1) is 25.8 Å². The van der Waals surface area contributed by atoms with Gasteiger partial charge < -0.3 is 111 Å². The van der Waals surface area contributed by atoms with Crippen molar-refractivity contribution in [3.63, 3.8) is 0 Å². The summed E-state index contributed by atoms with van der Waals surface area (Å²) >= 11 is 0. The highest BCUT2D eigenvalue weighted by molar-refractivity contribution is 6.00. The molecule has 0 saturated carbocycles. The average molecular weight is 1490 g/mol. The number of hydrogen-bond acceptors (Lipinski definition) is 19. The second kappa shape index (κ2) is 41.2. The molecule has 13 atom stereocenters. The Hall–Kier alpha value is -10.6. The third-order valence-corrected chi connectivity index (χ3v) is 18.8. The Morgan fingerprint density at radius 3 is 1.42 bits per heavy atom. The van der Waals surface area contributed by atoms with E-state index in [1.807, 2.05) is 0 Å². The van der Waals surface area contributed by atoms with Gasteiger partial charge in [0.25, 0.3) is 0 Å². The van der Waals surface area contributed by atoms with Gasteiger partial charge >= 0.3 is 5.97 Å². The first kappa shape index (κ1) is 84.4. The van der Waals surface area contributed by atoms with Gasteiger partial charge in [-0.05, 0) is 108 Å². The molecule has 37 nitrogen and oxygen atoms in total. The zero-order valence-electron chi connectivity index (χ0n) is 60.2. The summed E-state index contributed by atoms with van der Waals surface area (Å²) in [6.45, 7) is 4.24. The van der Waals surface area contributed by atoms with Gasteiger partial charge in [-0.15, -0.1) is 0 Å². The Kier molecular flexibility index (Phi) is 32.8. The number of aliphatic carboxylic acids is 1. The predicted octanol–water partition coefficient (Wildman–Crippen LogP) is -6.37. The van der Waals surface area contributed by atoms with Crippen LogP contribution in [-0.2, 0) is 80.0 Å². The molecular formula is C69H104N20O17. The first-order chi connectivity index (χ1) is 50.4. The lowest BCUT2D eigenvalue weighted by molar-refractivity contribution is -0.147. The summed E-state index contributed by atoms with van der Waals surface area (Å²) in [6.07, 6.45) is 2.95. The minimum absolute atomic E-state index is 0.000882. The van der Waals surface area contributed by atoms with Crippen LogP contribution in [0.15, 0.2) is 70.6 Å². The lowest BCUT2D eigenvalue weighted by Gasteiger charge is -2.32. The van der Waals surface area contributed by atoms with E-state index < -0.39 is 187 Å². The molecule has 6 rings (SSSR count). The van der Waals surface area contributed by atoms with Gasteiger partial charge in [0, 0.05) is 52.1 Å². The summed E-state index contributed by atoms with van der Waals surface area (Å²) in [5, 5.41) is 52.4. The molecule has 0 spiro atoms. The van der Waals surface area contributed by atoms with E-state index in [4.69, 9.17) is 28.7 Å². The lowest BCUT2D eigenvalue weighted by atomic mass is 10.0. The molecule has 0 unspecified atom stereocenters. The number of carboxylic acid groups (broad SMARTS) is 1. The lowest BCUT2D eigenvalue weighted by Crippen LogP contribution is -2.61. The van der Waals surface area contributed by atoms with Crippen molar-refractivity contribution in [1.29, 1.82) is 0 Å². The summed E-state index contributed by atoms with van der Waals surface area (Å²) < 4.78 is 0. The van der Waals surface area contributed by atoms with Crippen molar-refractivity contribution in [3.05, 3.63) is 71.8 Å². The number of amides is 13. The number of aliphatic hydroxyl groups is 2. The SMILES string of the molecule is CC(C)[C@H](NC(=O)[C@H](CCCN=C(N)N)NC(=O)[C@H](Cc1ccccc1)NC(=O)[C@@H]1CCCN1C(=O)[C@H](CO)NC(=O)[C@H](Cc1ccccc1)NC(=O)CNC(=O)[C@@H]1CCCN1C(=O)[C@@H]1CCCN1C(=O)[C@@H](N)CCCN=C(N)N)C(=O)N[C@@H](C)C(=O)N1CCC[C@H]1C(=O)N[C@@H](C)C(=O)N[C@@H](CO)C(=O)O. The second-order valence-electron chi connectivity index (χ2n) is 27.1. The van der Waals surface area contributed by atoms with Gasteiger partial charge in [-0.2, -0.15) is 0 Å². The number of benzene rings is 2. The number of carbonyl (C=O) groups is 14. The van der Waals surface area contributed by atoms with Gasteiger partial charge in [-0.1, -0.05) is 74.5 Å². The van der Waals surface area contributed by atoms with E-state index in [1.165, 1.54) is 28.5 Å². The number of aliphatic hydroxyl groups excluding tert-OH is 2. The van der Waals surface area contributed by atoms with Crippen molar-refractivity contribution < 1.29 is 82.4 Å². The zero-order valence-corrected chi connectivity index (χ0v) is 60.2. The summed E-state index contributed by atoms with van der Waals surface area (Å²) in [6, 6.07) is 0.505. The maximum absolute atomic E-state index is 14.7. The van der Waals surface area contributed by atoms with Gasteiger partial charge in [0.2, 0.25) is 76.8 Å². The minimum Gasteiger partial charge on any atom is -0.480 e. The first-order valence-corrected chi connectivity index (χ1v) is 35.7. The van der Waals surface area contributed by atoms with Crippen LogP contribution in [-0.4, -0.2) is 267 Å². The van der Waals surface area contributed by atoms with Crippen LogP contribution in [0.3, 0.4) is 0 Å². The number of likely N-dealkylation sites (tertiary alicyclic amines) is 4. The fraction of sp³-hybridized carbons (Fsp3) is 0.594. The molecule has 22 N–H and O–H groups in total. The van der Waals surface area contributed by atoms with Gasteiger partial charge in [-0.3, -0.25) is 72.3 Å². The van der Waals surface area contributed by atoms with E-state index in [2.05, 4.69) is 57.8 Å². The molecule has 4 aliphatic heterocycles. The van der Waals surface area contributed by atoms with Crippen LogP contribution >= 0.6 is 0 Å². The van der Waals surface area contributed by atoms with Crippen molar-refractivity contribution in [1.82, 2.24) is 67.5 Å². The predicted molar refractivity (Wildman–Crippen MR) is 383 cm³/mol. The van der Waals surface area contributed by atoms with Crippen molar-refractivity contribution >= 4 is 94.7 Å². The third-order valence-electron chi connectivity index (χ3n) is 18.8. The van der Waals surface area contributed by atoms with Crippen LogP contribution in [0.2, 0.25) is 0 Å². The Morgan fingerprint density at radius 1 is 0.462 bits per heavy atom. The standard InChI is InChI=1S/C69H104N20O17/c1-38(2)54(62(100)79-40(4)63(101)86-29-14-24-50(86)60(98)78-39(3)55(93)84-48(37-91)67(105)106)85-56(94)44(22-12-28-76-69(73)74)81-58(96)46(34-42-19-9-6-10-20-42)82-61(99)51-25-15-30-87(51)65(103)47(36-90)83-57(95)45(33-41-17-7-5-8-18-41)80-53(92)35-77-59(97)49-23-13-31-88(49)66(104)52-26-16-32-89(52)64(102)43(70)21-11-27-75-68(71)72/h5-10,17-20,38-40,43-52,54,90-91H,11-16,21-37,70H2,1-4H3,(H,77,97)(H,78,98)(H,79,100)(H,80,92)(H,81,96)(H,82,99)(H,83,95)(H,84,93)(H,85,94)(H,105,106)(H4,71,72,75)(H4,73,74,76)/t39-,40-,43-,44-,45-,46-,47-,48-,49-,50-,51-,52-,54-/m0/s1. The Morgan fingerprint density at radius 2 is 0.906 bits per heavy atom. The average Bonchev–Trinajstić information content (AvgIpc) is 1.66. The van der Waals surface area contributed by atoms with Crippen LogP contribution in [0.5, 0.6) is 0 Å². The molecule has 0 aliphatic carbocycles. The van der Waals surface area contributed by atoms with E-state index in [9.17, 15) is 82.4 Å². The first-order valence-electron chi connectivity index (χ1n) is 35.7. The second-order valence-corrected chi connectivity index (χ2v) is 27.1. The van der Waals surface area contributed by atoms with Crippen LogP contribution in [0, 0.1) is 5.92 Å². The molecule has 2 aromatic carbocycles. The Bertz CT molecular complexity index is 3490. The monoisotopic (exact) mass is 1480 g/mol. The molecule has 582 valence electrons.